The summed E-state index contributed by atoms with van der Waals surface area (Å²) >= 11 is 0. The maximum Gasteiger partial charge on any atom is 0.416 e. The fraction of sp³-hybridized carbons (Fsp3) is 0.500. The number of ether oxygens (including phenoxy) is 1. The van der Waals surface area contributed by atoms with Crippen molar-refractivity contribution < 1.29 is 35.9 Å². The van der Waals surface area contributed by atoms with Crippen molar-refractivity contribution in [1.29, 1.82) is 0 Å². The molecule has 0 saturated carbocycles. The highest BCUT2D eigenvalue weighted by atomic mass is 35.5. The van der Waals surface area contributed by atoms with Gasteiger partial charge in [0.05, 0.1) is 11.1 Å². The first-order valence-corrected chi connectivity index (χ1v) is 6.89. The number of benzene rings is 1. The maximum absolute atomic E-state index is 12.8. The van der Waals surface area contributed by atoms with Gasteiger partial charge in [0.25, 0.3) is 0 Å². The summed E-state index contributed by atoms with van der Waals surface area (Å²) in [6.07, 6.45) is -9.74. The third-order valence-corrected chi connectivity index (χ3v) is 3.68. The molecule has 0 spiro atoms. The van der Waals surface area contributed by atoms with E-state index in [0.29, 0.717) is 12.1 Å². The molecule has 0 radical (unpaired) electrons. The van der Waals surface area contributed by atoms with Gasteiger partial charge in [0, 0.05) is 18.9 Å². The number of amides is 1. The highest BCUT2D eigenvalue weighted by Gasteiger charge is 2.39. The molecule has 4 nitrogen and oxygen atoms in total. The molecule has 0 atom stereocenters. The number of halogens is 7. The molecule has 0 aromatic heterocycles. The fourth-order valence-electron chi connectivity index (χ4n) is 2.25. The molecule has 1 saturated heterocycles. The Morgan fingerprint density at radius 2 is 1.44 bits per heavy atom. The Morgan fingerprint density at radius 3 is 1.84 bits per heavy atom. The standard InChI is InChI=1S/C14H14F6N2O2.ClH/c15-13(16,17)8-5-9(14(18,19)20)7-10(6-8)22-11(23)12(21)1-3-24-4-2-12;/h5-7H,1-4,21H2,(H,22,23);1H. The second-order valence-corrected chi connectivity index (χ2v) is 5.52. The van der Waals surface area contributed by atoms with Crippen molar-refractivity contribution in [2.45, 2.75) is 30.7 Å². The van der Waals surface area contributed by atoms with Gasteiger partial charge < -0.3 is 15.8 Å². The van der Waals surface area contributed by atoms with Crippen LogP contribution < -0.4 is 11.1 Å². The molecule has 0 aliphatic carbocycles. The summed E-state index contributed by atoms with van der Waals surface area (Å²) in [4.78, 5) is 12.2. The van der Waals surface area contributed by atoms with E-state index < -0.39 is 40.6 Å². The highest BCUT2D eigenvalue weighted by molar-refractivity contribution is 5.98. The van der Waals surface area contributed by atoms with Gasteiger partial charge in [-0.1, -0.05) is 0 Å². The van der Waals surface area contributed by atoms with E-state index in [2.05, 4.69) is 5.32 Å². The minimum atomic E-state index is -4.99. The summed E-state index contributed by atoms with van der Waals surface area (Å²) in [5.41, 5.74) is 0.834. The van der Waals surface area contributed by atoms with Gasteiger partial charge in [-0.15, -0.1) is 12.4 Å². The second kappa shape index (κ2) is 7.38. The Morgan fingerprint density at radius 1 is 1.00 bits per heavy atom. The first-order chi connectivity index (χ1) is 10.9. The van der Waals surface area contributed by atoms with E-state index in [1.165, 1.54) is 0 Å². The van der Waals surface area contributed by atoms with Crippen LogP contribution in [-0.4, -0.2) is 24.7 Å². The lowest BCUT2D eigenvalue weighted by Crippen LogP contribution is -2.54. The Bertz CT molecular complexity index is 594. The molecule has 25 heavy (non-hydrogen) atoms. The van der Waals surface area contributed by atoms with E-state index in [-0.39, 0.29) is 44.5 Å². The van der Waals surface area contributed by atoms with Crippen LogP contribution >= 0.6 is 12.4 Å². The summed E-state index contributed by atoms with van der Waals surface area (Å²) < 4.78 is 81.7. The fourth-order valence-corrected chi connectivity index (χ4v) is 2.25. The number of hydrogen-bond acceptors (Lipinski definition) is 3. The number of rotatable bonds is 2. The number of nitrogens with two attached hydrogens (primary N) is 1. The van der Waals surface area contributed by atoms with Gasteiger partial charge in [-0.05, 0) is 31.0 Å². The SMILES string of the molecule is Cl.NC1(C(=O)Nc2cc(C(F)(F)F)cc(C(F)(F)F)c2)CCOCC1. The van der Waals surface area contributed by atoms with E-state index in [1.54, 1.807) is 0 Å². The number of alkyl halides is 6. The zero-order valence-corrected chi connectivity index (χ0v) is 13.4. The first kappa shape index (κ1) is 21.5. The minimum Gasteiger partial charge on any atom is -0.381 e. The van der Waals surface area contributed by atoms with Crippen LogP contribution in [0.3, 0.4) is 0 Å². The van der Waals surface area contributed by atoms with E-state index in [9.17, 15) is 31.1 Å². The summed E-state index contributed by atoms with van der Waals surface area (Å²) in [5, 5.41) is 2.06. The molecule has 1 fully saturated rings. The summed E-state index contributed by atoms with van der Waals surface area (Å²) in [6, 6.07) is 0.869. The second-order valence-electron chi connectivity index (χ2n) is 5.52. The van der Waals surface area contributed by atoms with Gasteiger partial charge in [-0.3, -0.25) is 4.79 Å². The molecule has 0 unspecified atom stereocenters. The smallest absolute Gasteiger partial charge is 0.381 e. The predicted octanol–water partition coefficient (Wildman–Crippen LogP) is 3.59. The average molecular weight is 393 g/mol. The lowest BCUT2D eigenvalue weighted by molar-refractivity contribution is -0.143. The number of nitrogens with one attached hydrogen (secondary N) is 1. The van der Waals surface area contributed by atoms with Crippen LogP contribution in [-0.2, 0) is 21.9 Å². The summed E-state index contributed by atoms with van der Waals surface area (Å²) in [5.74, 6) is -0.849. The molecule has 1 aromatic carbocycles. The largest absolute Gasteiger partial charge is 0.416 e. The summed E-state index contributed by atoms with van der Waals surface area (Å²) in [6.45, 7) is 0.362. The van der Waals surface area contributed by atoms with Crippen molar-refractivity contribution in [3.63, 3.8) is 0 Å². The van der Waals surface area contributed by atoms with Gasteiger partial charge in [0.15, 0.2) is 0 Å². The molecule has 2 rings (SSSR count). The van der Waals surface area contributed by atoms with Crippen LogP contribution in [0.15, 0.2) is 18.2 Å². The van der Waals surface area contributed by atoms with Gasteiger partial charge in [-0.2, -0.15) is 26.3 Å². The van der Waals surface area contributed by atoms with Gasteiger partial charge >= 0.3 is 12.4 Å². The monoisotopic (exact) mass is 392 g/mol. The van der Waals surface area contributed by atoms with Crippen LogP contribution in [0.4, 0.5) is 32.0 Å². The van der Waals surface area contributed by atoms with E-state index in [1.807, 2.05) is 0 Å². The number of hydrogen-bond donors (Lipinski definition) is 2. The minimum absolute atomic E-state index is 0. The van der Waals surface area contributed by atoms with Crippen molar-refractivity contribution in [3.8, 4) is 0 Å². The van der Waals surface area contributed by atoms with Gasteiger partial charge in [-0.25, -0.2) is 0 Å². The van der Waals surface area contributed by atoms with Crippen molar-refractivity contribution in [2.75, 3.05) is 18.5 Å². The zero-order chi connectivity index (χ0) is 18.2. The van der Waals surface area contributed by atoms with Gasteiger partial charge in [0.1, 0.15) is 5.54 Å². The number of anilines is 1. The Labute approximate surface area is 145 Å². The van der Waals surface area contributed by atoms with Crippen molar-refractivity contribution in [3.05, 3.63) is 29.3 Å². The molecule has 11 heteroatoms. The molecule has 1 heterocycles. The molecular weight excluding hydrogens is 378 g/mol. The molecule has 1 aliphatic heterocycles. The van der Waals surface area contributed by atoms with Crippen molar-refractivity contribution in [2.24, 2.45) is 5.73 Å². The molecule has 3 N–H and O–H groups in total. The quantitative estimate of drug-likeness (QED) is 0.756. The van der Waals surface area contributed by atoms with Crippen LogP contribution in [0.2, 0.25) is 0 Å². The lowest BCUT2D eigenvalue weighted by atomic mass is 9.90. The average Bonchev–Trinajstić information content (AvgIpc) is 2.46. The molecular formula is C14H15ClF6N2O2. The van der Waals surface area contributed by atoms with Crippen LogP contribution in [0.5, 0.6) is 0 Å². The Hall–Kier alpha value is -1.52. The predicted molar refractivity (Wildman–Crippen MR) is 79.3 cm³/mol. The highest BCUT2D eigenvalue weighted by Crippen LogP contribution is 2.37. The number of carbonyl (C=O) groups excluding carboxylic acids is 1. The Kier molecular flexibility index (Phi) is 6.36. The molecule has 1 aromatic rings. The Balaban J connectivity index is 0.00000312. The maximum atomic E-state index is 12.8. The van der Waals surface area contributed by atoms with E-state index in [0.717, 1.165) is 0 Å². The van der Waals surface area contributed by atoms with E-state index in [4.69, 9.17) is 10.5 Å². The number of carbonyl (C=O) groups is 1. The normalized spacial score (nSPS) is 17.6. The molecule has 1 amide bonds. The third-order valence-electron chi connectivity index (χ3n) is 3.68. The topological polar surface area (TPSA) is 64.4 Å². The zero-order valence-electron chi connectivity index (χ0n) is 12.6. The summed E-state index contributed by atoms with van der Waals surface area (Å²) in [7, 11) is 0. The van der Waals surface area contributed by atoms with Crippen LogP contribution in [0, 0.1) is 0 Å². The molecule has 1 aliphatic rings. The van der Waals surface area contributed by atoms with E-state index >= 15 is 0 Å². The third kappa shape index (κ3) is 5.23. The molecule has 0 bridgehead atoms. The van der Waals surface area contributed by atoms with Crippen LogP contribution in [0.25, 0.3) is 0 Å². The van der Waals surface area contributed by atoms with Crippen molar-refractivity contribution in [1.82, 2.24) is 0 Å². The van der Waals surface area contributed by atoms with Gasteiger partial charge in [0.2, 0.25) is 5.91 Å². The van der Waals surface area contributed by atoms with Crippen molar-refractivity contribution >= 4 is 24.0 Å². The lowest BCUT2D eigenvalue weighted by Gasteiger charge is -2.31. The first-order valence-electron chi connectivity index (χ1n) is 6.89. The van der Waals surface area contributed by atoms with Crippen LogP contribution in [0.1, 0.15) is 24.0 Å². The molecule has 142 valence electrons.